The van der Waals surface area contributed by atoms with Gasteiger partial charge in [0.1, 0.15) is 12.2 Å². The third-order valence-corrected chi connectivity index (χ3v) is 5.35. The smallest absolute Gasteiger partial charge is 0.338 e. The van der Waals surface area contributed by atoms with Crippen LogP contribution in [0.25, 0.3) is 0 Å². The molecule has 0 bridgehead atoms. The number of carbonyl (C=O) groups excluding carboxylic acids is 3. The van der Waals surface area contributed by atoms with Crippen molar-refractivity contribution >= 4 is 17.7 Å². The summed E-state index contributed by atoms with van der Waals surface area (Å²) in [6.45, 7) is 2.10. The molecule has 1 aliphatic carbocycles. The molecule has 1 aromatic carbocycles. The van der Waals surface area contributed by atoms with E-state index >= 15 is 0 Å². The molecular weight excluding hydrogens is 344 g/mol. The maximum absolute atomic E-state index is 12.4. The number of hydrogen-bond acceptors (Lipinski definition) is 5. The second-order valence-electron chi connectivity index (χ2n) is 7.30. The van der Waals surface area contributed by atoms with Crippen molar-refractivity contribution in [1.82, 2.24) is 0 Å². The van der Waals surface area contributed by atoms with Gasteiger partial charge in [0.05, 0.1) is 12.0 Å². The van der Waals surface area contributed by atoms with Crippen molar-refractivity contribution in [3.63, 3.8) is 0 Å². The molecule has 1 heterocycles. The van der Waals surface area contributed by atoms with Gasteiger partial charge in [0.2, 0.25) is 0 Å². The van der Waals surface area contributed by atoms with Crippen LogP contribution in [0.15, 0.2) is 42.5 Å². The predicted octanol–water partition coefficient (Wildman–Crippen LogP) is 3.87. The van der Waals surface area contributed by atoms with Gasteiger partial charge in [-0.25, -0.2) is 4.79 Å². The van der Waals surface area contributed by atoms with E-state index in [1.54, 1.807) is 30.3 Å². The Labute approximate surface area is 159 Å². The Kier molecular flexibility index (Phi) is 6.43. The summed E-state index contributed by atoms with van der Waals surface area (Å²) in [7, 11) is 0. The molecule has 144 valence electrons. The molecule has 2 fully saturated rings. The number of ketones is 1. The van der Waals surface area contributed by atoms with Crippen molar-refractivity contribution in [2.24, 2.45) is 11.8 Å². The van der Waals surface area contributed by atoms with Gasteiger partial charge in [-0.3, -0.25) is 9.59 Å². The molecule has 4 atom stereocenters. The first-order valence-corrected chi connectivity index (χ1v) is 9.75. The van der Waals surface area contributed by atoms with E-state index in [1.807, 2.05) is 12.1 Å². The van der Waals surface area contributed by atoms with E-state index in [2.05, 4.69) is 6.92 Å². The molecular formula is C22H26O5. The van der Waals surface area contributed by atoms with Gasteiger partial charge >= 0.3 is 11.9 Å². The molecule has 2 aliphatic rings. The van der Waals surface area contributed by atoms with Crippen LogP contribution in [0.4, 0.5) is 0 Å². The number of esters is 2. The molecule has 5 heteroatoms. The van der Waals surface area contributed by atoms with E-state index in [-0.39, 0.29) is 41.8 Å². The Hall–Kier alpha value is -2.43. The fourth-order valence-electron chi connectivity index (χ4n) is 3.92. The average molecular weight is 370 g/mol. The molecule has 0 spiro atoms. The van der Waals surface area contributed by atoms with Gasteiger partial charge in [-0.15, -0.1) is 0 Å². The van der Waals surface area contributed by atoms with Crippen molar-refractivity contribution < 1.29 is 23.9 Å². The lowest BCUT2D eigenvalue weighted by Gasteiger charge is -2.20. The Morgan fingerprint density at radius 1 is 1.22 bits per heavy atom. The fraction of sp³-hybridized carbons (Fsp3) is 0.500. The van der Waals surface area contributed by atoms with Crippen molar-refractivity contribution in [1.29, 1.82) is 0 Å². The van der Waals surface area contributed by atoms with Crippen LogP contribution in [-0.2, 0) is 19.1 Å². The number of fused-ring (bicyclic) bond motifs is 1. The van der Waals surface area contributed by atoms with Crippen molar-refractivity contribution in [2.75, 3.05) is 0 Å². The molecule has 0 aromatic heterocycles. The van der Waals surface area contributed by atoms with Crippen LogP contribution in [0, 0.1) is 11.8 Å². The lowest BCUT2D eigenvalue weighted by atomic mass is 9.91. The minimum atomic E-state index is -0.389. The van der Waals surface area contributed by atoms with Gasteiger partial charge < -0.3 is 9.47 Å². The predicted molar refractivity (Wildman–Crippen MR) is 100 cm³/mol. The summed E-state index contributed by atoms with van der Waals surface area (Å²) in [6.07, 6.45) is 7.08. The quantitative estimate of drug-likeness (QED) is 0.395. The van der Waals surface area contributed by atoms with E-state index in [0.717, 1.165) is 19.3 Å². The van der Waals surface area contributed by atoms with E-state index < -0.39 is 0 Å². The van der Waals surface area contributed by atoms with Crippen LogP contribution in [0.1, 0.15) is 55.8 Å². The molecule has 1 aliphatic heterocycles. The number of allylic oxidation sites excluding steroid dienone is 1. The molecule has 1 saturated heterocycles. The topological polar surface area (TPSA) is 69.7 Å². The Morgan fingerprint density at radius 2 is 2.00 bits per heavy atom. The molecule has 0 N–H and O–H groups in total. The summed E-state index contributed by atoms with van der Waals surface area (Å²) in [5.74, 6) is -0.745. The Bertz CT molecular complexity index is 709. The summed E-state index contributed by atoms with van der Waals surface area (Å²) in [5, 5.41) is 0. The zero-order valence-corrected chi connectivity index (χ0v) is 15.6. The number of unbranched alkanes of at least 4 members (excludes halogenated alkanes) is 2. The third kappa shape index (κ3) is 4.85. The molecule has 0 radical (unpaired) electrons. The molecule has 0 unspecified atom stereocenters. The Morgan fingerprint density at radius 3 is 2.74 bits per heavy atom. The summed E-state index contributed by atoms with van der Waals surface area (Å²) >= 11 is 0. The number of ether oxygens (including phenoxy) is 2. The third-order valence-electron chi connectivity index (χ3n) is 5.35. The minimum absolute atomic E-state index is 0.0363. The van der Waals surface area contributed by atoms with Gasteiger partial charge in [0, 0.05) is 24.7 Å². The average Bonchev–Trinajstić information content (AvgIpc) is 3.16. The summed E-state index contributed by atoms with van der Waals surface area (Å²) in [6, 6.07) is 8.83. The van der Waals surface area contributed by atoms with Crippen LogP contribution < -0.4 is 0 Å². The first-order chi connectivity index (χ1) is 13.1. The lowest BCUT2D eigenvalue weighted by Crippen LogP contribution is -2.24. The van der Waals surface area contributed by atoms with E-state index in [0.29, 0.717) is 24.8 Å². The van der Waals surface area contributed by atoms with Gasteiger partial charge in [-0.2, -0.15) is 0 Å². The monoisotopic (exact) mass is 370 g/mol. The maximum atomic E-state index is 12.4. The van der Waals surface area contributed by atoms with Crippen LogP contribution in [0.3, 0.4) is 0 Å². The summed E-state index contributed by atoms with van der Waals surface area (Å²) in [4.78, 5) is 36.2. The molecule has 1 saturated carbocycles. The molecule has 3 rings (SSSR count). The highest BCUT2D eigenvalue weighted by Gasteiger charge is 2.50. The molecule has 27 heavy (non-hydrogen) atoms. The summed E-state index contributed by atoms with van der Waals surface area (Å²) in [5.41, 5.74) is 0.491. The number of benzene rings is 1. The van der Waals surface area contributed by atoms with E-state index in [4.69, 9.17) is 9.47 Å². The minimum Gasteiger partial charge on any atom is -0.462 e. The van der Waals surface area contributed by atoms with E-state index in [1.165, 1.54) is 0 Å². The molecule has 5 nitrogen and oxygen atoms in total. The first-order valence-electron chi connectivity index (χ1n) is 9.75. The highest BCUT2D eigenvalue weighted by molar-refractivity contribution is 5.90. The molecule has 1 aromatic rings. The van der Waals surface area contributed by atoms with Gasteiger partial charge in [-0.05, 0) is 24.6 Å². The van der Waals surface area contributed by atoms with Crippen molar-refractivity contribution in [3.05, 3.63) is 48.0 Å². The second kappa shape index (κ2) is 8.98. The van der Waals surface area contributed by atoms with Gasteiger partial charge in [-0.1, -0.05) is 44.0 Å². The molecule has 0 amide bonds. The van der Waals surface area contributed by atoms with Gasteiger partial charge in [0.25, 0.3) is 0 Å². The van der Waals surface area contributed by atoms with Crippen LogP contribution in [0.5, 0.6) is 0 Å². The number of carbonyl (C=O) groups is 3. The maximum Gasteiger partial charge on any atom is 0.338 e. The van der Waals surface area contributed by atoms with Crippen molar-refractivity contribution in [2.45, 2.75) is 57.7 Å². The highest BCUT2D eigenvalue weighted by Crippen LogP contribution is 2.43. The van der Waals surface area contributed by atoms with Crippen LogP contribution >= 0.6 is 0 Å². The normalized spacial score (nSPS) is 26.8. The zero-order chi connectivity index (χ0) is 19.2. The standard InChI is InChI=1S/C22H26O5/c1-2-3-5-10-16(23)11-12-17-18-13-21(24)26-20(18)14-19(17)27-22(25)15-8-6-4-7-9-15/h4,6-9,11-12,17-20H,2-3,5,10,13-14H2,1H3/b12-11+/t17-,18-,19+,20-/m0/s1. The SMILES string of the molecule is CCCCCC(=O)/C=C/[C@H]1[C@@H]2CC(=O)O[C@H]2C[C@H]1OC(=O)c1ccccc1. The van der Waals surface area contributed by atoms with E-state index in [9.17, 15) is 14.4 Å². The largest absolute Gasteiger partial charge is 0.462 e. The summed E-state index contributed by atoms with van der Waals surface area (Å²) < 4.78 is 11.1. The first kappa shape index (κ1) is 19.3. The highest BCUT2D eigenvalue weighted by atomic mass is 16.6. The Balaban J connectivity index is 1.67. The second-order valence-corrected chi connectivity index (χ2v) is 7.30. The van der Waals surface area contributed by atoms with Crippen molar-refractivity contribution in [3.8, 4) is 0 Å². The fourth-order valence-corrected chi connectivity index (χ4v) is 3.92. The zero-order valence-electron chi connectivity index (χ0n) is 15.6. The van der Waals surface area contributed by atoms with Crippen LogP contribution in [-0.4, -0.2) is 29.9 Å². The van der Waals surface area contributed by atoms with Crippen LogP contribution in [0.2, 0.25) is 0 Å². The number of rotatable bonds is 8. The lowest BCUT2D eigenvalue weighted by molar-refractivity contribution is -0.141. The number of hydrogen-bond donors (Lipinski definition) is 0. The van der Waals surface area contributed by atoms with Gasteiger partial charge in [0.15, 0.2) is 5.78 Å².